The predicted molar refractivity (Wildman–Crippen MR) is 464 cm³/mol. The zero-order chi connectivity index (χ0) is 92.3. The summed E-state index contributed by atoms with van der Waals surface area (Å²) >= 11 is 2.21. The number of primary amides is 2. The normalized spacial score (nSPS) is 21.0. The summed E-state index contributed by atoms with van der Waals surface area (Å²) in [6, 6.07) is -15.7. The molecule has 19 N–H and O–H groups in total. The summed E-state index contributed by atoms with van der Waals surface area (Å²) in [5.41, 5.74) is 14.9. The van der Waals surface area contributed by atoms with E-state index in [1.165, 1.54) is 69.1 Å². The van der Waals surface area contributed by atoms with Crippen molar-refractivity contribution in [2.45, 2.75) is 339 Å². The highest BCUT2D eigenvalue weighted by Gasteiger charge is 2.43. The lowest BCUT2D eigenvalue weighted by atomic mass is 9.95. The molecular weight excluding hydrogens is 1650 g/mol. The lowest BCUT2D eigenvalue weighted by Crippen LogP contribution is -2.61. The van der Waals surface area contributed by atoms with Crippen molar-refractivity contribution in [2.75, 3.05) is 37.7 Å². The number of aliphatic carboxylic acids is 3. The smallest absolute Gasteiger partial charge is 0.305 e. The summed E-state index contributed by atoms with van der Waals surface area (Å²) in [4.78, 5) is 250. The second-order valence-corrected chi connectivity index (χ2v) is 35.5. The van der Waals surface area contributed by atoms with Gasteiger partial charge in [-0.25, -0.2) is 0 Å². The number of benzene rings is 1. The van der Waals surface area contributed by atoms with Crippen LogP contribution >= 0.6 is 23.5 Å². The average molecular weight is 1790 g/mol. The second-order valence-electron chi connectivity index (χ2n) is 33.5. The van der Waals surface area contributed by atoms with Crippen LogP contribution in [0.3, 0.4) is 0 Å². The molecule has 4 rings (SSSR count). The van der Waals surface area contributed by atoms with Gasteiger partial charge >= 0.3 is 17.9 Å². The Balaban J connectivity index is 1.77. The number of aliphatic hydroxyl groups is 1. The van der Waals surface area contributed by atoms with Gasteiger partial charge in [0.2, 0.25) is 88.6 Å². The van der Waals surface area contributed by atoms with E-state index in [1.807, 2.05) is 19.9 Å². The molecule has 3 heterocycles. The van der Waals surface area contributed by atoms with Crippen molar-refractivity contribution in [3.8, 4) is 0 Å². The first-order chi connectivity index (χ1) is 58.7. The zero-order valence-electron chi connectivity index (χ0n) is 73.5. The Kier molecular flexibility index (Phi) is 48.5. The molecule has 39 heteroatoms. The van der Waals surface area contributed by atoms with Crippen LogP contribution in [-0.2, 0) is 97.8 Å². The second kappa shape index (κ2) is 56.3. The number of hydrogen-bond donors (Lipinski definition) is 17. The monoisotopic (exact) mass is 1780 g/mol. The van der Waals surface area contributed by atoms with E-state index in [0.29, 0.717) is 29.5 Å². The first-order valence-electron chi connectivity index (χ1n) is 43.7. The van der Waals surface area contributed by atoms with E-state index in [-0.39, 0.29) is 105 Å². The number of carbonyl (C=O) groups is 18. The van der Waals surface area contributed by atoms with Crippen molar-refractivity contribution >= 4 is 130 Å². The molecule has 124 heavy (non-hydrogen) atoms. The van der Waals surface area contributed by atoms with Crippen molar-refractivity contribution in [3.63, 3.8) is 0 Å². The average Bonchev–Trinajstić information content (AvgIpc) is 1.76. The van der Waals surface area contributed by atoms with Crippen LogP contribution in [0, 0.1) is 32.6 Å². The third-order valence-electron chi connectivity index (χ3n) is 22.1. The quantitative estimate of drug-likeness (QED) is 0.0418. The SMILES string of the molecule is CCCCCCCCCCCCCCCCCC(=O)NCCC(=O)N[C@@H](CC(C)C)C(=O)N[C@@H](CCC(N)=O)C(=O)N[C@H]1CSCc2c(C)cc(C)c(c2C)CSC[C@@H](C(=O)N[C@@H](CC(C)C)C(=O)N2CCC[C@H]2C(N)=O)NC(=O)[C@H](CCC(=O)O)NC(=O)CNC(=O)[C@H]([C@@H](C)O)NC(=O)[C@H](CCC(=O)O)NC(=O)[C@@H]2CCCN2C(=O)[C@H](CC(=O)O)NC1=O. The summed E-state index contributed by atoms with van der Waals surface area (Å²) in [5, 5.41) is 68.6. The number of aryl methyl sites for hydroxylation is 2. The van der Waals surface area contributed by atoms with Crippen LogP contribution in [0.1, 0.15) is 262 Å². The van der Waals surface area contributed by atoms with E-state index in [1.54, 1.807) is 34.6 Å². The third kappa shape index (κ3) is 38.8. The number of aliphatic hydroxyl groups excluding tert-OH is 1. The molecular formula is C85H137N15O22S2. The van der Waals surface area contributed by atoms with Crippen LogP contribution in [0.5, 0.6) is 0 Å². The van der Waals surface area contributed by atoms with Gasteiger partial charge in [0.15, 0.2) is 0 Å². The molecule has 3 aliphatic heterocycles. The molecule has 0 spiro atoms. The topological polar surface area (TPSA) is 579 Å². The molecule has 0 radical (unpaired) electrons. The first-order valence-corrected chi connectivity index (χ1v) is 46.1. The van der Waals surface area contributed by atoms with E-state index in [0.717, 1.165) is 72.2 Å². The maximum absolute atomic E-state index is 15.2. The molecule has 1 aromatic rings. The molecule has 2 saturated heterocycles. The van der Waals surface area contributed by atoms with Crippen LogP contribution in [0.4, 0.5) is 0 Å². The molecule has 696 valence electrons. The van der Waals surface area contributed by atoms with Crippen LogP contribution < -0.4 is 70.0 Å². The van der Waals surface area contributed by atoms with E-state index >= 15 is 4.79 Å². The number of carboxylic acid groups (broad SMARTS) is 3. The van der Waals surface area contributed by atoms with Gasteiger partial charge < -0.3 is 100 Å². The number of unbranched alkanes of at least 4 members (excludes halogenated alkanes) is 14. The van der Waals surface area contributed by atoms with Gasteiger partial charge in [0.05, 0.1) is 19.1 Å². The Morgan fingerprint density at radius 2 is 1.09 bits per heavy atom. The van der Waals surface area contributed by atoms with Gasteiger partial charge in [-0.3, -0.25) is 86.3 Å². The number of thioether (sulfide) groups is 2. The maximum atomic E-state index is 15.2. The standard InChI is InChI=1S/C85H137N15O22S2/c1-10-11-12-13-14-15-16-17-18-19-20-21-22-23-24-29-68(103)88-37-36-69(104)91-60(40-49(2)3)79(116)92-58(30-33-67(86)102)77(114)97-64-48-124-46-56-52(7)42-51(6)55(53(56)8)45-123-47-63(80(117)94-61(41-50(4)5)84(121)99-38-25-27-65(99)75(87)112)96-76(113)57(31-34-71(106)107)90-70(105)44-89-83(120)74(54(9)101)98-78(115)59(32-35-72(108)109)93-82(119)66-28-26-39-100(66)85(122)62(43-73(110)111)95-81(64)118/h42,49-50,54,57-66,74,101H,10-41,43-48H2,1-9H3,(H2,86,102)(H2,87,112)(H,88,103)(H,89,120)(H,90,105)(H,91,104)(H,92,116)(H,93,119)(H,94,117)(H,95,118)(H,96,113)(H,97,114)(H,98,115)(H,106,107)(H,108,109)(H,110,111)/t54-,57+,58+,59+,60+,61+,62+,63+,64+,65+,66+,74+/m1/s1. The molecule has 0 aromatic heterocycles. The summed E-state index contributed by atoms with van der Waals surface area (Å²) in [6.45, 7) is 14.7. The van der Waals surface area contributed by atoms with Crippen LogP contribution in [0.15, 0.2) is 6.07 Å². The van der Waals surface area contributed by atoms with E-state index in [9.17, 15) is 102 Å². The number of rotatable bonds is 44. The molecule has 0 unspecified atom stereocenters. The van der Waals surface area contributed by atoms with E-state index in [2.05, 4.69) is 65.4 Å². The Labute approximate surface area is 735 Å². The van der Waals surface area contributed by atoms with E-state index in [4.69, 9.17) is 11.5 Å². The number of carboxylic acids is 3. The van der Waals surface area contributed by atoms with Crippen LogP contribution in [-0.4, -0.2) is 247 Å². The number of nitrogens with two attached hydrogens (primary N) is 2. The third-order valence-corrected chi connectivity index (χ3v) is 24.2. The van der Waals surface area contributed by atoms with Crippen molar-refractivity contribution < 1.29 is 107 Å². The summed E-state index contributed by atoms with van der Waals surface area (Å²) < 4.78 is 0. The molecule has 15 amide bonds. The number of likely N-dealkylation sites (tertiary alicyclic amines) is 1. The summed E-state index contributed by atoms with van der Waals surface area (Å²) in [6.07, 6.45) is 11.7. The minimum atomic E-state index is -2.00. The Hall–Kier alpha value is -9.66. The van der Waals surface area contributed by atoms with Gasteiger partial charge in [0.1, 0.15) is 66.5 Å². The highest BCUT2D eigenvalue weighted by molar-refractivity contribution is 7.98. The number of fused-ring (bicyclic) bond motifs is 3. The molecule has 2 bridgehead atoms. The largest absolute Gasteiger partial charge is 0.481 e. The van der Waals surface area contributed by atoms with Gasteiger partial charge in [-0.15, -0.1) is 0 Å². The lowest BCUT2D eigenvalue weighted by molar-refractivity contribution is -0.146. The number of carbonyl (C=O) groups excluding carboxylic acids is 15. The van der Waals surface area contributed by atoms with Gasteiger partial charge in [0.25, 0.3) is 0 Å². The highest BCUT2D eigenvalue weighted by atomic mass is 32.2. The molecule has 37 nitrogen and oxygen atoms in total. The van der Waals surface area contributed by atoms with Crippen LogP contribution in [0.25, 0.3) is 0 Å². The Bertz CT molecular complexity index is 3810. The fourth-order valence-electron chi connectivity index (χ4n) is 15.2. The predicted octanol–water partition coefficient (Wildman–Crippen LogP) is 2.75. The first kappa shape index (κ1) is 107. The minimum absolute atomic E-state index is 0.0376. The van der Waals surface area contributed by atoms with Crippen molar-refractivity contribution in [1.82, 2.24) is 68.3 Å². The molecule has 12 atom stereocenters. The number of nitrogens with zero attached hydrogens (tertiary/aromatic N) is 2. The number of hydrogen-bond acceptors (Lipinski definition) is 21. The summed E-state index contributed by atoms with van der Waals surface area (Å²) in [7, 11) is 0. The number of nitrogens with one attached hydrogen (secondary N) is 11. The van der Waals surface area contributed by atoms with E-state index < -0.39 is 225 Å². The van der Waals surface area contributed by atoms with Gasteiger partial charge in [-0.2, -0.15) is 23.5 Å². The highest BCUT2D eigenvalue weighted by Crippen LogP contribution is 2.31. The van der Waals surface area contributed by atoms with Crippen molar-refractivity contribution in [2.24, 2.45) is 23.3 Å². The van der Waals surface area contributed by atoms with Gasteiger partial charge in [-0.1, -0.05) is 131 Å². The molecule has 3 aliphatic rings. The van der Waals surface area contributed by atoms with Crippen molar-refractivity contribution in [3.05, 3.63) is 33.9 Å². The summed E-state index contributed by atoms with van der Waals surface area (Å²) in [5.74, 6) is -19.5. The molecule has 2 fully saturated rings. The van der Waals surface area contributed by atoms with Crippen molar-refractivity contribution in [1.29, 1.82) is 0 Å². The Morgan fingerprint density at radius 3 is 1.64 bits per heavy atom. The van der Waals surface area contributed by atoms with Gasteiger partial charge in [-0.05, 0) is 132 Å². The molecule has 1 aromatic carbocycles. The molecule has 0 aliphatic carbocycles. The lowest BCUT2D eigenvalue weighted by Gasteiger charge is -2.31. The Morgan fingerprint density at radius 1 is 0.548 bits per heavy atom. The maximum Gasteiger partial charge on any atom is 0.305 e. The molecule has 0 saturated carbocycles. The van der Waals surface area contributed by atoms with Crippen LogP contribution in [0.2, 0.25) is 0 Å². The minimum Gasteiger partial charge on any atom is -0.481 e. The fraction of sp³-hybridized carbons (Fsp3) is 0.718. The number of amides is 15. The van der Waals surface area contributed by atoms with Gasteiger partial charge in [0, 0.05) is 74.7 Å². The fourth-order valence-corrected chi connectivity index (χ4v) is 17.7. The zero-order valence-corrected chi connectivity index (χ0v) is 75.2.